The van der Waals surface area contributed by atoms with Crippen LogP contribution in [0.25, 0.3) is 11.0 Å². The predicted octanol–water partition coefficient (Wildman–Crippen LogP) is 4.36. The number of rotatable bonds is 8. The SMILES string of the molecule is CN=C(NCCc1cc2ccccc2o1)N(C)CCc1ccc(OC)c(OC)c1.I. The van der Waals surface area contributed by atoms with Crippen molar-refractivity contribution in [2.45, 2.75) is 12.8 Å². The summed E-state index contributed by atoms with van der Waals surface area (Å²) in [5.74, 6) is 3.33. The average Bonchev–Trinajstić information content (AvgIpc) is 3.17. The molecule has 6 nitrogen and oxygen atoms in total. The second-order valence-electron chi connectivity index (χ2n) is 6.84. The van der Waals surface area contributed by atoms with Gasteiger partial charge >= 0.3 is 0 Å². The van der Waals surface area contributed by atoms with E-state index >= 15 is 0 Å². The van der Waals surface area contributed by atoms with Crippen LogP contribution >= 0.6 is 24.0 Å². The number of ether oxygens (including phenoxy) is 2. The summed E-state index contributed by atoms with van der Waals surface area (Å²) in [4.78, 5) is 6.51. The van der Waals surface area contributed by atoms with Gasteiger partial charge in [0, 0.05) is 39.0 Å². The smallest absolute Gasteiger partial charge is 0.193 e. The van der Waals surface area contributed by atoms with Crippen LogP contribution in [0.4, 0.5) is 0 Å². The predicted molar refractivity (Wildman–Crippen MR) is 133 cm³/mol. The summed E-state index contributed by atoms with van der Waals surface area (Å²) in [7, 11) is 7.14. The molecule has 162 valence electrons. The zero-order chi connectivity index (χ0) is 20.6. The van der Waals surface area contributed by atoms with Gasteiger partial charge in [0.1, 0.15) is 11.3 Å². The van der Waals surface area contributed by atoms with E-state index in [2.05, 4.69) is 33.4 Å². The van der Waals surface area contributed by atoms with E-state index in [9.17, 15) is 0 Å². The molecule has 0 aliphatic rings. The number of hydrogen-bond acceptors (Lipinski definition) is 4. The first-order valence-electron chi connectivity index (χ1n) is 9.74. The number of furan rings is 1. The fourth-order valence-corrected chi connectivity index (χ4v) is 3.28. The van der Waals surface area contributed by atoms with Crippen molar-refractivity contribution < 1.29 is 13.9 Å². The second kappa shape index (κ2) is 11.7. The van der Waals surface area contributed by atoms with Crippen LogP contribution in [0.5, 0.6) is 11.5 Å². The quantitative estimate of drug-likeness (QED) is 0.270. The molecule has 0 amide bonds. The zero-order valence-corrected chi connectivity index (χ0v) is 20.3. The van der Waals surface area contributed by atoms with Gasteiger partial charge in [-0.3, -0.25) is 4.99 Å². The molecule has 3 rings (SSSR count). The molecule has 7 heteroatoms. The molecule has 0 unspecified atom stereocenters. The van der Waals surface area contributed by atoms with Crippen LogP contribution < -0.4 is 14.8 Å². The van der Waals surface area contributed by atoms with E-state index in [1.165, 1.54) is 5.56 Å². The number of guanidine groups is 1. The highest BCUT2D eigenvalue weighted by atomic mass is 127. The van der Waals surface area contributed by atoms with Crippen LogP contribution in [0.3, 0.4) is 0 Å². The van der Waals surface area contributed by atoms with Crippen molar-refractivity contribution in [1.82, 2.24) is 10.2 Å². The lowest BCUT2D eigenvalue weighted by molar-refractivity contribution is 0.354. The summed E-state index contributed by atoms with van der Waals surface area (Å²) < 4.78 is 16.6. The van der Waals surface area contributed by atoms with Gasteiger partial charge in [0.05, 0.1) is 14.2 Å². The minimum absolute atomic E-state index is 0. The summed E-state index contributed by atoms with van der Waals surface area (Å²) in [5.41, 5.74) is 2.12. The normalized spacial score (nSPS) is 11.1. The van der Waals surface area contributed by atoms with E-state index in [4.69, 9.17) is 13.9 Å². The van der Waals surface area contributed by atoms with Gasteiger partial charge in [0.25, 0.3) is 0 Å². The Morgan fingerprint density at radius 2 is 1.80 bits per heavy atom. The van der Waals surface area contributed by atoms with Gasteiger partial charge in [0.2, 0.25) is 0 Å². The largest absolute Gasteiger partial charge is 0.493 e. The molecule has 0 saturated carbocycles. The van der Waals surface area contributed by atoms with Gasteiger partial charge in [-0.1, -0.05) is 24.3 Å². The summed E-state index contributed by atoms with van der Waals surface area (Å²) in [6.07, 6.45) is 1.68. The number of fused-ring (bicyclic) bond motifs is 1. The number of likely N-dealkylation sites (N-methyl/N-ethyl adjacent to an activating group) is 1. The van der Waals surface area contributed by atoms with Crippen molar-refractivity contribution in [3.63, 3.8) is 0 Å². The summed E-state index contributed by atoms with van der Waals surface area (Å²) in [6, 6.07) is 16.2. The molecule has 2 aromatic carbocycles. The monoisotopic (exact) mass is 523 g/mol. The number of halogens is 1. The third-order valence-corrected chi connectivity index (χ3v) is 4.89. The van der Waals surface area contributed by atoms with E-state index in [0.717, 1.165) is 60.1 Å². The number of benzene rings is 2. The average molecular weight is 523 g/mol. The topological polar surface area (TPSA) is 59.2 Å². The van der Waals surface area contributed by atoms with Crippen molar-refractivity contribution in [3.05, 3.63) is 59.9 Å². The van der Waals surface area contributed by atoms with Gasteiger partial charge in [-0.25, -0.2) is 0 Å². The van der Waals surface area contributed by atoms with E-state index in [-0.39, 0.29) is 24.0 Å². The molecule has 0 saturated heterocycles. The maximum Gasteiger partial charge on any atom is 0.193 e. The summed E-state index contributed by atoms with van der Waals surface area (Å²) >= 11 is 0. The molecule has 1 N–H and O–H groups in total. The first kappa shape index (κ1) is 23.9. The lowest BCUT2D eigenvalue weighted by Crippen LogP contribution is -2.40. The van der Waals surface area contributed by atoms with Crippen LogP contribution in [0, 0.1) is 0 Å². The van der Waals surface area contributed by atoms with E-state index in [1.54, 1.807) is 21.3 Å². The first-order valence-corrected chi connectivity index (χ1v) is 9.74. The lowest BCUT2D eigenvalue weighted by atomic mass is 10.1. The van der Waals surface area contributed by atoms with Crippen molar-refractivity contribution >= 4 is 40.9 Å². The van der Waals surface area contributed by atoms with E-state index in [0.29, 0.717) is 0 Å². The molecule has 0 spiro atoms. The maximum absolute atomic E-state index is 5.87. The molecule has 0 fully saturated rings. The van der Waals surface area contributed by atoms with Crippen molar-refractivity contribution in [3.8, 4) is 11.5 Å². The minimum Gasteiger partial charge on any atom is -0.493 e. The van der Waals surface area contributed by atoms with Crippen LogP contribution in [0.2, 0.25) is 0 Å². The van der Waals surface area contributed by atoms with Gasteiger partial charge in [-0.05, 0) is 36.2 Å². The highest BCUT2D eigenvalue weighted by molar-refractivity contribution is 14.0. The fourth-order valence-electron chi connectivity index (χ4n) is 3.28. The molecule has 1 aromatic heterocycles. The molecule has 3 aromatic rings. The Morgan fingerprint density at radius 1 is 1.03 bits per heavy atom. The first-order chi connectivity index (χ1) is 14.1. The van der Waals surface area contributed by atoms with Crippen LogP contribution in [0.15, 0.2) is 57.9 Å². The van der Waals surface area contributed by atoms with Crippen LogP contribution in [-0.4, -0.2) is 52.3 Å². The number of para-hydroxylation sites is 1. The van der Waals surface area contributed by atoms with Crippen LogP contribution in [0.1, 0.15) is 11.3 Å². The molecule has 0 bridgehead atoms. The number of methoxy groups -OCH3 is 2. The molecule has 0 aliphatic heterocycles. The highest BCUT2D eigenvalue weighted by Crippen LogP contribution is 2.27. The van der Waals surface area contributed by atoms with Gasteiger partial charge < -0.3 is 24.1 Å². The van der Waals surface area contributed by atoms with Crippen LogP contribution in [-0.2, 0) is 12.8 Å². The molecule has 0 atom stereocenters. The molecule has 0 radical (unpaired) electrons. The Balaban J connectivity index is 0.00000320. The number of aliphatic imine (C=N–C) groups is 1. The fraction of sp³-hybridized carbons (Fsp3) is 0.348. The summed E-state index contributed by atoms with van der Waals surface area (Å²) in [5, 5.41) is 4.55. The van der Waals surface area contributed by atoms with Gasteiger partial charge in [-0.2, -0.15) is 0 Å². The van der Waals surface area contributed by atoms with Crippen molar-refractivity contribution in [2.75, 3.05) is 41.4 Å². The molecular weight excluding hydrogens is 493 g/mol. The Morgan fingerprint density at radius 3 is 2.50 bits per heavy atom. The molecule has 1 heterocycles. The Hall–Kier alpha value is -2.42. The summed E-state index contributed by atoms with van der Waals surface area (Å²) in [6.45, 7) is 1.59. The lowest BCUT2D eigenvalue weighted by Gasteiger charge is -2.22. The van der Waals surface area contributed by atoms with E-state index < -0.39 is 0 Å². The zero-order valence-electron chi connectivity index (χ0n) is 18.0. The molecule has 0 aliphatic carbocycles. The third-order valence-electron chi connectivity index (χ3n) is 4.89. The standard InChI is InChI=1S/C23H29N3O3.HI/c1-24-23(25-13-11-19-16-18-7-5-6-8-20(18)29-19)26(2)14-12-17-9-10-21(27-3)22(15-17)28-4;/h5-10,15-16H,11-14H2,1-4H3,(H,24,25);1H. The minimum atomic E-state index is 0. The maximum atomic E-state index is 5.87. The van der Waals surface area contributed by atoms with E-state index in [1.807, 2.05) is 37.4 Å². The molecule has 30 heavy (non-hydrogen) atoms. The van der Waals surface area contributed by atoms with Gasteiger partial charge in [-0.15, -0.1) is 24.0 Å². The highest BCUT2D eigenvalue weighted by Gasteiger charge is 2.09. The third kappa shape index (κ3) is 6.04. The Kier molecular flexibility index (Phi) is 9.29. The second-order valence-corrected chi connectivity index (χ2v) is 6.84. The Labute approximate surface area is 195 Å². The number of nitrogens with one attached hydrogen (secondary N) is 1. The van der Waals surface area contributed by atoms with Crippen molar-refractivity contribution in [2.24, 2.45) is 4.99 Å². The van der Waals surface area contributed by atoms with Gasteiger partial charge in [0.15, 0.2) is 17.5 Å². The van der Waals surface area contributed by atoms with Crippen molar-refractivity contribution in [1.29, 1.82) is 0 Å². The Bertz CT molecular complexity index is 938. The number of nitrogens with zero attached hydrogens (tertiary/aromatic N) is 2. The number of hydrogen-bond donors (Lipinski definition) is 1. The molecular formula is C23H30IN3O3.